The molecule has 130 valence electrons. The van der Waals surface area contributed by atoms with Gasteiger partial charge in [0.1, 0.15) is 11.6 Å². The van der Waals surface area contributed by atoms with E-state index >= 15 is 0 Å². The lowest BCUT2D eigenvalue weighted by Crippen LogP contribution is -2.41. The predicted molar refractivity (Wildman–Crippen MR) is 100 cm³/mol. The van der Waals surface area contributed by atoms with E-state index in [0.717, 1.165) is 19.5 Å². The largest absolute Gasteiger partial charge is 0.290 e. The molecule has 1 aromatic heterocycles. The summed E-state index contributed by atoms with van der Waals surface area (Å²) < 4.78 is 1.45. The second-order valence-electron chi connectivity index (χ2n) is 6.68. The molecule has 0 spiro atoms. The van der Waals surface area contributed by atoms with E-state index in [1.54, 1.807) is 0 Å². The monoisotopic (exact) mass is 362 g/mol. The summed E-state index contributed by atoms with van der Waals surface area (Å²) in [4.78, 5) is 19.6. The van der Waals surface area contributed by atoms with Crippen LogP contribution in [0.1, 0.15) is 27.5 Å². The second kappa shape index (κ2) is 6.37. The maximum absolute atomic E-state index is 13.0. The molecular formula is C20H18N4OS. The molecule has 0 radical (unpaired) electrons. The maximum atomic E-state index is 13.0. The summed E-state index contributed by atoms with van der Waals surface area (Å²) >= 11 is 1.53. The zero-order valence-corrected chi connectivity index (χ0v) is 15.0. The Bertz CT molecular complexity index is 955. The summed E-state index contributed by atoms with van der Waals surface area (Å²) in [6.07, 6.45) is 2.46. The lowest BCUT2D eigenvalue weighted by molar-refractivity contribution is 0.0824. The summed E-state index contributed by atoms with van der Waals surface area (Å²) in [6, 6.07) is 18.9. The van der Waals surface area contributed by atoms with Crippen LogP contribution in [0.3, 0.4) is 0 Å². The van der Waals surface area contributed by atoms with E-state index in [0.29, 0.717) is 5.16 Å². The highest BCUT2D eigenvalue weighted by Gasteiger charge is 2.42. The number of hydrogen-bond acceptors (Lipinski definition) is 5. The van der Waals surface area contributed by atoms with Crippen molar-refractivity contribution in [3.05, 3.63) is 77.6 Å². The molecule has 0 saturated carbocycles. The summed E-state index contributed by atoms with van der Waals surface area (Å²) in [7, 11) is 0. The highest BCUT2D eigenvalue weighted by Crippen LogP contribution is 2.41. The molecule has 3 aromatic rings. The maximum Gasteiger partial charge on any atom is 0.264 e. The lowest BCUT2D eigenvalue weighted by atomic mass is 9.94. The summed E-state index contributed by atoms with van der Waals surface area (Å²) in [6.45, 7) is 1.80. The van der Waals surface area contributed by atoms with Crippen LogP contribution in [0.4, 0.5) is 0 Å². The Morgan fingerprint density at radius 3 is 2.62 bits per heavy atom. The van der Waals surface area contributed by atoms with Crippen LogP contribution in [0, 0.1) is 0 Å². The van der Waals surface area contributed by atoms with Gasteiger partial charge < -0.3 is 0 Å². The third-order valence-corrected chi connectivity index (χ3v) is 6.38. The van der Waals surface area contributed by atoms with Crippen LogP contribution in [-0.2, 0) is 13.0 Å². The van der Waals surface area contributed by atoms with Crippen LogP contribution in [0.15, 0.2) is 66.1 Å². The molecule has 2 aliphatic heterocycles. The molecule has 0 amide bonds. The van der Waals surface area contributed by atoms with Crippen molar-refractivity contribution in [2.24, 2.45) is 0 Å². The molecule has 0 saturated heterocycles. The Labute approximate surface area is 156 Å². The summed E-state index contributed by atoms with van der Waals surface area (Å²) in [5, 5.41) is 4.57. The standard InChI is InChI=1S/C20H18N4OS/c25-19-18(26-20-21-13-22-24(19)20)17(15-7-2-1-3-8-15)23-11-10-14-6-4-5-9-16(14)12-23/h1-9,13,17-18H,10-12H2. The first-order valence-corrected chi connectivity index (χ1v) is 9.66. The lowest BCUT2D eigenvalue weighted by Gasteiger charge is -2.37. The van der Waals surface area contributed by atoms with Gasteiger partial charge in [-0.25, -0.2) is 4.98 Å². The number of nitrogens with zero attached hydrogens (tertiary/aromatic N) is 4. The summed E-state index contributed by atoms with van der Waals surface area (Å²) in [5.41, 5.74) is 3.94. The first kappa shape index (κ1) is 15.8. The second-order valence-corrected chi connectivity index (χ2v) is 7.78. The Balaban J connectivity index is 1.52. The van der Waals surface area contributed by atoms with Crippen molar-refractivity contribution in [2.45, 2.75) is 29.4 Å². The topological polar surface area (TPSA) is 51.0 Å². The van der Waals surface area contributed by atoms with Crippen molar-refractivity contribution in [3.63, 3.8) is 0 Å². The molecule has 3 heterocycles. The van der Waals surface area contributed by atoms with E-state index in [1.165, 1.54) is 39.5 Å². The van der Waals surface area contributed by atoms with E-state index in [4.69, 9.17) is 0 Å². The van der Waals surface area contributed by atoms with E-state index in [2.05, 4.69) is 51.4 Å². The Morgan fingerprint density at radius 2 is 1.81 bits per heavy atom. The molecular weight excluding hydrogens is 344 g/mol. The Hall–Kier alpha value is -2.44. The Morgan fingerprint density at radius 1 is 1.04 bits per heavy atom. The molecule has 2 unspecified atom stereocenters. The van der Waals surface area contributed by atoms with E-state index in [1.807, 2.05) is 18.2 Å². The number of carbonyl (C=O) groups excluding carboxylic acids is 1. The first-order chi connectivity index (χ1) is 12.8. The number of thioether (sulfide) groups is 1. The highest BCUT2D eigenvalue weighted by molar-refractivity contribution is 8.00. The van der Waals surface area contributed by atoms with Gasteiger partial charge in [-0.1, -0.05) is 66.4 Å². The molecule has 2 atom stereocenters. The van der Waals surface area contributed by atoms with Gasteiger partial charge in [0.05, 0.1) is 6.04 Å². The van der Waals surface area contributed by atoms with E-state index in [-0.39, 0.29) is 17.2 Å². The average Bonchev–Trinajstić information content (AvgIpc) is 3.27. The van der Waals surface area contributed by atoms with Crippen LogP contribution in [0.25, 0.3) is 0 Å². The zero-order chi connectivity index (χ0) is 17.5. The molecule has 26 heavy (non-hydrogen) atoms. The van der Waals surface area contributed by atoms with E-state index in [9.17, 15) is 4.79 Å². The number of carbonyl (C=O) groups is 1. The molecule has 2 aliphatic rings. The Kier molecular flexibility index (Phi) is 3.87. The van der Waals surface area contributed by atoms with Gasteiger partial charge in [-0.3, -0.25) is 9.69 Å². The van der Waals surface area contributed by atoms with Crippen molar-refractivity contribution < 1.29 is 4.79 Å². The van der Waals surface area contributed by atoms with E-state index < -0.39 is 0 Å². The van der Waals surface area contributed by atoms with Crippen molar-refractivity contribution in [1.29, 1.82) is 0 Å². The van der Waals surface area contributed by atoms with Gasteiger partial charge in [-0.05, 0) is 23.1 Å². The van der Waals surface area contributed by atoms with Crippen LogP contribution in [0.5, 0.6) is 0 Å². The average molecular weight is 362 g/mol. The van der Waals surface area contributed by atoms with Crippen molar-refractivity contribution in [2.75, 3.05) is 6.54 Å². The van der Waals surface area contributed by atoms with Gasteiger partial charge in [-0.2, -0.15) is 9.78 Å². The zero-order valence-electron chi connectivity index (χ0n) is 14.2. The molecule has 5 rings (SSSR count). The van der Waals surface area contributed by atoms with Gasteiger partial charge >= 0.3 is 0 Å². The minimum absolute atomic E-state index is 0.00514. The molecule has 0 N–H and O–H groups in total. The van der Waals surface area contributed by atoms with Crippen LogP contribution in [0.2, 0.25) is 0 Å². The molecule has 2 aromatic carbocycles. The summed E-state index contributed by atoms with van der Waals surface area (Å²) in [5.74, 6) is 0.0233. The minimum atomic E-state index is -0.223. The number of fused-ring (bicyclic) bond motifs is 2. The fourth-order valence-corrected chi connectivity index (χ4v) is 5.16. The van der Waals surface area contributed by atoms with Crippen molar-refractivity contribution in [3.8, 4) is 0 Å². The third-order valence-electron chi connectivity index (χ3n) is 5.18. The van der Waals surface area contributed by atoms with Gasteiger partial charge in [0, 0.05) is 13.1 Å². The normalized spacial score (nSPS) is 20.6. The SMILES string of the molecule is O=C1C(C(c2ccccc2)N2CCc3ccccc3C2)Sc2ncnn21. The highest BCUT2D eigenvalue weighted by atomic mass is 32.2. The number of hydrogen-bond donors (Lipinski definition) is 0. The molecule has 5 nitrogen and oxygen atoms in total. The van der Waals surface area contributed by atoms with Crippen molar-refractivity contribution in [1.82, 2.24) is 19.7 Å². The number of benzene rings is 2. The number of aromatic nitrogens is 3. The van der Waals surface area contributed by atoms with Crippen LogP contribution >= 0.6 is 11.8 Å². The molecule has 0 aliphatic carbocycles. The van der Waals surface area contributed by atoms with Crippen LogP contribution < -0.4 is 0 Å². The fraction of sp³-hybridized carbons (Fsp3) is 0.250. The fourth-order valence-electron chi connectivity index (χ4n) is 3.93. The van der Waals surface area contributed by atoms with Gasteiger partial charge in [0.25, 0.3) is 5.91 Å². The van der Waals surface area contributed by atoms with Crippen LogP contribution in [-0.4, -0.2) is 37.4 Å². The van der Waals surface area contributed by atoms with Gasteiger partial charge in [0.15, 0.2) is 5.16 Å². The quantitative estimate of drug-likeness (QED) is 0.716. The molecule has 0 bridgehead atoms. The molecule has 6 heteroatoms. The van der Waals surface area contributed by atoms with Gasteiger partial charge in [-0.15, -0.1) is 0 Å². The van der Waals surface area contributed by atoms with Gasteiger partial charge in [0.2, 0.25) is 0 Å². The minimum Gasteiger partial charge on any atom is -0.290 e. The third kappa shape index (κ3) is 2.57. The smallest absolute Gasteiger partial charge is 0.264 e. The van der Waals surface area contributed by atoms with Crippen molar-refractivity contribution >= 4 is 17.7 Å². The number of rotatable bonds is 3. The first-order valence-electron chi connectivity index (χ1n) is 8.78. The predicted octanol–water partition coefficient (Wildman–Crippen LogP) is 3.19. The molecule has 0 fully saturated rings.